The smallest absolute Gasteiger partial charge is 0.295 e. The largest absolute Gasteiger partial charge is 0.507 e. The van der Waals surface area contributed by atoms with Crippen LogP contribution in [0.5, 0.6) is 0 Å². The highest BCUT2D eigenvalue weighted by atomic mass is 19.1. The number of benzene rings is 2. The Labute approximate surface area is 187 Å². The van der Waals surface area contributed by atoms with Gasteiger partial charge in [-0.2, -0.15) is 0 Å². The Morgan fingerprint density at radius 2 is 1.79 bits per heavy atom. The first-order valence-corrected chi connectivity index (χ1v) is 10.0. The summed E-state index contributed by atoms with van der Waals surface area (Å²) < 4.78 is 13.2. The first kappa shape index (κ1) is 21.8. The summed E-state index contributed by atoms with van der Waals surface area (Å²) in [6, 6.07) is 13.4. The van der Waals surface area contributed by atoms with Crippen molar-refractivity contribution in [1.82, 2.24) is 9.88 Å². The number of aliphatic hydroxyl groups is 1. The van der Waals surface area contributed by atoms with E-state index in [1.165, 1.54) is 47.6 Å². The molecule has 2 aromatic carbocycles. The summed E-state index contributed by atoms with van der Waals surface area (Å²) >= 11 is 0. The number of nitro benzene ring substituents is 1. The summed E-state index contributed by atoms with van der Waals surface area (Å²) in [5.74, 6) is -2.57. The van der Waals surface area contributed by atoms with E-state index >= 15 is 0 Å². The van der Waals surface area contributed by atoms with E-state index in [2.05, 4.69) is 4.98 Å². The lowest BCUT2D eigenvalue weighted by Gasteiger charge is -2.25. The highest BCUT2D eigenvalue weighted by Gasteiger charge is 2.45. The Balaban J connectivity index is 1.77. The van der Waals surface area contributed by atoms with Crippen LogP contribution in [-0.2, 0) is 16.0 Å². The molecule has 1 atom stereocenters. The molecule has 9 heteroatoms. The fourth-order valence-corrected chi connectivity index (χ4v) is 3.83. The van der Waals surface area contributed by atoms with Crippen molar-refractivity contribution in [1.29, 1.82) is 0 Å². The van der Waals surface area contributed by atoms with E-state index in [0.29, 0.717) is 12.0 Å². The Hall–Kier alpha value is -4.40. The molecule has 1 N–H and O–H groups in total. The standard InChI is InChI=1S/C24H18FN3O5/c25-18-6-4-15(5-7-18)10-13-27-21(16-8-11-26-12-9-16)20(23(30)24(27)31)22(29)17-2-1-3-19(14-17)28(32)33/h1-9,11-12,14,21,29H,10,13H2/b22-20-. The van der Waals surface area contributed by atoms with Crippen molar-refractivity contribution < 1.29 is 24.0 Å². The molecular formula is C24H18FN3O5. The molecule has 166 valence electrons. The summed E-state index contributed by atoms with van der Waals surface area (Å²) in [5, 5.41) is 22.1. The Morgan fingerprint density at radius 3 is 2.45 bits per heavy atom. The van der Waals surface area contributed by atoms with Crippen LogP contribution < -0.4 is 0 Å². The fourth-order valence-electron chi connectivity index (χ4n) is 3.83. The third-order valence-corrected chi connectivity index (χ3v) is 5.45. The van der Waals surface area contributed by atoms with Crippen molar-refractivity contribution in [3.63, 3.8) is 0 Å². The maximum absolute atomic E-state index is 13.2. The van der Waals surface area contributed by atoms with Gasteiger partial charge in [-0.1, -0.05) is 24.3 Å². The van der Waals surface area contributed by atoms with Gasteiger partial charge in [-0.15, -0.1) is 0 Å². The number of nitrogens with zero attached hydrogens (tertiary/aromatic N) is 3. The number of carbonyl (C=O) groups excluding carboxylic acids is 2. The van der Waals surface area contributed by atoms with Crippen LogP contribution in [0.25, 0.3) is 5.76 Å². The predicted octanol–water partition coefficient (Wildman–Crippen LogP) is 3.79. The number of aliphatic hydroxyl groups excluding tert-OH is 1. The summed E-state index contributed by atoms with van der Waals surface area (Å²) in [6.07, 6.45) is 3.36. The second-order valence-corrected chi connectivity index (χ2v) is 7.46. The molecule has 1 aromatic heterocycles. The summed E-state index contributed by atoms with van der Waals surface area (Å²) in [6.45, 7) is 0.134. The van der Waals surface area contributed by atoms with E-state index in [9.17, 15) is 29.2 Å². The van der Waals surface area contributed by atoms with Crippen LogP contribution in [-0.4, -0.2) is 38.1 Å². The molecule has 0 aliphatic carbocycles. The highest BCUT2D eigenvalue weighted by molar-refractivity contribution is 6.46. The molecule has 4 rings (SSSR count). The van der Waals surface area contributed by atoms with Gasteiger partial charge < -0.3 is 10.0 Å². The van der Waals surface area contributed by atoms with Crippen molar-refractivity contribution in [3.05, 3.63) is 111 Å². The zero-order valence-electron chi connectivity index (χ0n) is 17.2. The number of nitro groups is 1. The Bertz CT molecular complexity index is 1260. The molecule has 8 nitrogen and oxygen atoms in total. The van der Waals surface area contributed by atoms with Crippen LogP contribution in [0, 0.1) is 15.9 Å². The molecule has 1 saturated heterocycles. The number of ketones is 1. The van der Waals surface area contributed by atoms with Gasteiger partial charge in [-0.05, 0) is 41.8 Å². The lowest BCUT2D eigenvalue weighted by Crippen LogP contribution is -2.31. The van der Waals surface area contributed by atoms with Crippen molar-refractivity contribution >= 4 is 23.1 Å². The SMILES string of the molecule is O=C1C(=O)N(CCc2ccc(F)cc2)C(c2ccncc2)/C1=C(/O)c1cccc([N+](=O)[O-])c1. The molecule has 1 unspecified atom stereocenters. The second-order valence-electron chi connectivity index (χ2n) is 7.46. The average molecular weight is 447 g/mol. The number of likely N-dealkylation sites (tertiary alicyclic amines) is 1. The average Bonchev–Trinajstić information content (AvgIpc) is 3.08. The Kier molecular flexibility index (Phi) is 5.95. The number of pyridine rings is 1. The van der Waals surface area contributed by atoms with Crippen molar-refractivity contribution in [2.75, 3.05) is 6.54 Å². The number of aromatic nitrogens is 1. The van der Waals surface area contributed by atoms with Crippen LogP contribution in [0.1, 0.15) is 22.7 Å². The number of hydrogen-bond acceptors (Lipinski definition) is 6. The van der Waals surface area contributed by atoms with Crippen LogP contribution in [0.15, 0.2) is 78.6 Å². The number of Topliss-reactive ketones (excluding diaryl/α,β-unsaturated/α-hetero) is 1. The normalized spacial score (nSPS) is 17.4. The van der Waals surface area contributed by atoms with Gasteiger partial charge in [0.15, 0.2) is 0 Å². The molecular weight excluding hydrogens is 429 g/mol. The van der Waals surface area contributed by atoms with Gasteiger partial charge in [0.2, 0.25) is 0 Å². The maximum atomic E-state index is 13.2. The first-order chi connectivity index (χ1) is 15.9. The molecule has 1 fully saturated rings. The Morgan fingerprint density at radius 1 is 1.09 bits per heavy atom. The van der Waals surface area contributed by atoms with Gasteiger partial charge in [0.1, 0.15) is 11.6 Å². The third kappa shape index (κ3) is 4.33. The molecule has 1 aliphatic rings. The number of halogens is 1. The van der Waals surface area contributed by atoms with Gasteiger partial charge >= 0.3 is 0 Å². The van der Waals surface area contributed by atoms with Crippen molar-refractivity contribution in [2.24, 2.45) is 0 Å². The van der Waals surface area contributed by atoms with Gasteiger partial charge in [0.25, 0.3) is 17.4 Å². The minimum atomic E-state index is -0.910. The van der Waals surface area contributed by atoms with Gasteiger partial charge in [-0.3, -0.25) is 24.7 Å². The molecule has 33 heavy (non-hydrogen) atoms. The van der Waals surface area contributed by atoms with E-state index in [1.54, 1.807) is 24.3 Å². The maximum Gasteiger partial charge on any atom is 0.295 e. The molecule has 0 radical (unpaired) electrons. The lowest BCUT2D eigenvalue weighted by molar-refractivity contribution is -0.384. The van der Waals surface area contributed by atoms with E-state index in [0.717, 1.165) is 11.6 Å². The van der Waals surface area contributed by atoms with E-state index in [-0.39, 0.29) is 29.2 Å². The highest BCUT2D eigenvalue weighted by Crippen LogP contribution is 2.39. The minimum Gasteiger partial charge on any atom is -0.507 e. The molecule has 2 heterocycles. The van der Waals surface area contributed by atoms with E-state index in [1.807, 2.05) is 0 Å². The molecule has 0 saturated carbocycles. The molecule has 0 spiro atoms. The van der Waals surface area contributed by atoms with Gasteiger partial charge in [0.05, 0.1) is 16.5 Å². The summed E-state index contributed by atoms with van der Waals surface area (Å²) in [4.78, 5) is 41.7. The van der Waals surface area contributed by atoms with Crippen molar-refractivity contribution in [3.8, 4) is 0 Å². The van der Waals surface area contributed by atoms with Gasteiger partial charge in [-0.25, -0.2) is 4.39 Å². The van der Waals surface area contributed by atoms with Gasteiger partial charge in [0, 0.05) is 36.6 Å². The lowest BCUT2D eigenvalue weighted by atomic mass is 9.95. The van der Waals surface area contributed by atoms with Crippen LogP contribution in [0.3, 0.4) is 0 Å². The summed E-state index contributed by atoms with van der Waals surface area (Å²) in [5.41, 5.74) is 0.955. The van der Waals surface area contributed by atoms with E-state index < -0.39 is 28.4 Å². The van der Waals surface area contributed by atoms with Crippen molar-refractivity contribution in [2.45, 2.75) is 12.5 Å². The molecule has 1 aliphatic heterocycles. The zero-order chi connectivity index (χ0) is 23.5. The van der Waals surface area contributed by atoms with Crippen LogP contribution in [0.4, 0.5) is 10.1 Å². The summed E-state index contributed by atoms with van der Waals surface area (Å²) in [7, 11) is 0. The predicted molar refractivity (Wildman–Crippen MR) is 116 cm³/mol. The molecule has 0 bridgehead atoms. The van der Waals surface area contributed by atoms with E-state index in [4.69, 9.17) is 0 Å². The second kappa shape index (κ2) is 8.99. The number of amides is 1. The third-order valence-electron chi connectivity index (χ3n) is 5.45. The monoisotopic (exact) mass is 447 g/mol. The molecule has 1 amide bonds. The van der Waals surface area contributed by atoms with Crippen LogP contribution in [0.2, 0.25) is 0 Å². The first-order valence-electron chi connectivity index (χ1n) is 10.0. The number of carbonyl (C=O) groups is 2. The minimum absolute atomic E-state index is 0.0554. The number of non-ortho nitro benzene ring substituents is 1. The number of hydrogen-bond donors (Lipinski definition) is 1. The fraction of sp³-hybridized carbons (Fsp3) is 0.125. The topological polar surface area (TPSA) is 114 Å². The zero-order valence-corrected chi connectivity index (χ0v) is 17.2. The van der Waals surface area contributed by atoms with Crippen LogP contribution >= 0.6 is 0 Å². The number of rotatable bonds is 6. The molecule has 3 aromatic rings. The quantitative estimate of drug-likeness (QED) is 0.202.